The van der Waals surface area contributed by atoms with Gasteiger partial charge in [0.15, 0.2) is 0 Å². The largest absolute Gasteiger partial charge is 0.398 e. The molecule has 0 heterocycles. The van der Waals surface area contributed by atoms with Crippen LogP contribution in [0, 0.1) is 17.1 Å². The Morgan fingerprint density at radius 2 is 1.85 bits per heavy atom. The zero-order valence-electron chi connectivity index (χ0n) is 11.3. The molecule has 2 aromatic rings. The van der Waals surface area contributed by atoms with Crippen LogP contribution in [0.1, 0.15) is 16.7 Å². The molecule has 0 saturated heterocycles. The average Bonchev–Trinajstić information content (AvgIpc) is 2.43. The van der Waals surface area contributed by atoms with Gasteiger partial charge in [-0.3, -0.25) is 4.90 Å². The van der Waals surface area contributed by atoms with Gasteiger partial charge in [0.05, 0.1) is 11.6 Å². The maximum Gasteiger partial charge on any atom is 0.129 e. The molecule has 0 radical (unpaired) electrons. The summed E-state index contributed by atoms with van der Waals surface area (Å²) in [6, 6.07) is 14.1. The van der Waals surface area contributed by atoms with E-state index < -0.39 is 0 Å². The van der Waals surface area contributed by atoms with Crippen molar-refractivity contribution in [2.75, 3.05) is 12.8 Å². The van der Waals surface area contributed by atoms with E-state index in [4.69, 9.17) is 11.0 Å². The molecular weight excluding hydrogens is 253 g/mol. The Bertz CT molecular complexity index is 646. The Morgan fingerprint density at radius 3 is 2.50 bits per heavy atom. The Balaban J connectivity index is 2.07. The zero-order chi connectivity index (χ0) is 14.5. The first-order valence-electron chi connectivity index (χ1n) is 6.30. The molecule has 4 heteroatoms. The minimum absolute atomic E-state index is 0.334. The normalized spacial score (nSPS) is 10.5. The van der Waals surface area contributed by atoms with Gasteiger partial charge in [-0.2, -0.15) is 5.26 Å². The summed E-state index contributed by atoms with van der Waals surface area (Å²) >= 11 is 0. The third kappa shape index (κ3) is 3.34. The molecule has 0 atom stereocenters. The molecule has 102 valence electrons. The van der Waals surface area contributed by atoms with Crippen LogP contribution in [0.25, 0.3) is 0 Å². The zero-order valence-corrected chi connectivity index (χ0v) is 11.3. The third-order valence-corrected chi connectivity index (χ3v) is 3.12. The smallest absolute Gasteiger partial charge is 0.129 e. The lowest BCUT2D eigenvalue weighted by molar-refractivity contribution is 0.314. The van der Waals surface area contributed by atoms with E-state index >= 15 is 0 Å². The van der Waals surface area contributed by atoms with Gasteiger partial charge >= 0.3 is 0 Å². The fourth-order valence-electron chi connectivity index (χ4n) is 2.06. The molecule has 20 heavy (non-hydrogen) atoms. The van der Waals surface area contributed by atoms with E-state index in [9.17, 15) is 4.39 Å². The van der Waals surface area contributed by atoms with Crippen molar-refractivity contribution in [1.29, 1.82) is 5.26 Å². The van der Waals surface area contributed by atoms with Crippen LogP contribution in [-0.4, -0.2) is 11.9 Å². The van der Waals surface area contributed by atoms with Gasteiger partial charge in [0, 0.05) is 24.3 Å². The van der Waals surface area contributed by atoms with Crippen LogP contribution in [0.15, 0.2) is 42.5 Å². The number of nitriles is 1. The highest BCUT2D eigenvalue weighted by molar-refractivity contribution is 5.46. The molecule has 0 aliphatic rings. The lowest BCUT2D eigenvalue weighted by Gasteiger charge is -2.18. The molecule has 0 aromatic heterocycles. The summed E-state index contributed by atoms with van der Waals surface area (Å²) < 4.78 is 13.8. The van der Waals surface area contributed by atoms with Gasteiger partial charge < -0.3 is 5.73 Å². The summed E-state index contributed by atoms with van der Waals surface area (Å²) in [6.45, 7) is 1.11. The summed E-state index contributed by atoms with van der Waals surface area (Å²) in [5.74, 6) is -0.350. The van der Waals surface area contributed by atoms with Crippen molar-refractivity contribution in [3.8, 4) is 6.07 Å². The predicted octanol–water partition coefficient (Wildman–Crippen LogP) is 2.91. The molecule has 2 N–H and O–H groups in total. The number of para-hydroxylation sites is 1. The molecular formula is C16H16FN3. The lowest BCUT2D eigenvalue weighted by atomic mass is 10.1. The second-order valence-electron chi connectivity index (χ2n) is 4.79. The molecule has 0 fully saturated rings. The van der Waals surface area contributed by atoms with Crippen LogP contribution in [0.5, 0.6) is 0 Å². The number of hydrogen-bond acceptors (Lipinski definition) is 3. The number of rotatable bonds is 4. The van der Waals surface area contributed by atoms with Crippen LogP contribution in [0.3, 0.4) is 0 Å². The van der Waals surface area contributed by atoms with Crippen LogP contribution >= 0.6 is 0 Å². The molecule has 0 unspecified atom stereocenters. The van der Waals surface area contributed by atoms with Crippen LogP contribution < -0.4 is 5.73 Å². The van der Waals surface area contributed by atoms with Crippen molar-refractivity contribution in [2.24, 2.45) is 0 Å². The molecule has 0 aliphatic carbocycles. The van der Waals surface area contributed by atoms with Gasteiger partial charge in [0.1, 0.15) is 5.82 Å². The van der Waals surface area contributed by atoms with Gasteiger partial charge in [0.25, 0.3) is 0 Å². The maximum atomic E-state index is 13.8. The van der Waals surface area contributed by atoms with E-state index in [1.54, 1.807) is 12.1 Å². The number of halogens is 1. The number of nitrogens with zero attached hydrogens (tertiary/aromatic N) is 2. The van der Waals surface area contributed by atoms with Crippen LogP contribution in [-0.2, 0) is 13.1 Å². The van der Waals surface area contributed by atoms with Crippen LogP contribution in [0.4, 0.5) is 10.1 Å². The summed E-state index contributed by atoms with van der Waals surface area (Å²) in [5.41, 5.74) is 8.55. The highest BCUT2D eigenvalue weighted by Gasteiger charge is 2.08. The molecule has 0 aliphatic heterocycles. The molecule has 0 bridgehead atoms. The van der Waals surface area contributed by atoms with E-state index in [1.807, 2.05) is 42.3 Å². The highest BCUT2D eigenvalue weighted by Crippen LogP contribution is 2.16. The molecule has 0 saturated carbocycles. The van der Waals surface area contributed by atoms with Crippen molar-refractivity contribution < 1.29 is 4.39 Å². The minimum atomic E-state index is -0.350. The quantitative estimate of drug-likeness (QED) is 0.868. The van der Waals surface area contributed by atoms with Crippen molar-refractivity contribution in [3.05, 3.63) is 65.0 Å². The first-order valence-corrected chi connectivity index (χ1v) is 6.30. The summed E-state index contributed by atoms with van der Waals surface area (Å²) in [6.07, 6.45) is 0. The summed E-state index contributed by atoms with van der Waals surface area (Å²) in [7, 11) is 1.91. The van der Waals surface area contributed by atoms with E-state index in [-0.39, 0.29) is 5.82 Å². The number of hydrogen-bond donors (Lipinski definition) is 1. The SMILES string of the molecule is CN(Cc1ccccc1N)Cc1ccc(C#N)cc1F. The molecule has 0 spiro atoms. The van der Waals surface area contributed by atoms with Gasteiger partial charge in [-0.05, 0) is 30.8 Å². The maximum absolute atomic E-state index is 13.8. The number of benzene rings is 2. The van der Waals surface area contributed by atoms with Gasteiger partial charge in [-0.15, -0.1) is 0 Å². The fraction of sp³-hybridized carbons (Fsp3) is 0.188. The second-order valence-corrected chi connectivity index (χ2v) is 4.79. The Kier molecular flexibility index (Phi) is 4.34. The number of anilines is 1. The van der Waals surface area contributed by atoms with E-state index in [1.165, 1.54) is 6.07 Å². The number of nitrogen functional groups attached to an aromatic ring is 1. The highest BCUT2D eigenvalue weighted by atomic mass is 19.1. The number of nitrogens with two attached hydrogens (primary N) is 1. The molecule has 2 aromatic carbocycles. The summed E-state index contributed by atoms with van der Waals surface area (Å²) in [4.78, 5) is 1.98. The van der Waals surface area contributed by atoms with Crippen molar-refractivity contribution in [3.63, 3.8) is 0 Å². The Labute approximate surface area is 118 Å². The van der Waals surface area contributed by atoms with E-state index in [2.05, 4.69) is 0 Å². The predicted molar refractivity (Wildman–Crippen MR) is 77.1 cm³/mol. The van der Waals surface area contributed by atoms with Crippen molar-refractivity contribution >= 4 is 5.69 Å². The topological polar surface area (TPSA) is 53.0 Å². The first-order chi connectivity index (χ1) is 9.60. The van der Waals surface area contributed by atoms with E-state index in [0.717, 1.165) is 11.3 Å². The third-order valence-electron chi connectivity index (χ3n) is 3.12. The Morgan fingerprint density at radius 1 is 1.15 bits per heavy atom. The van der Waals surface area contributed by atoms with Gasteiger partial charge in [0.2, 0.25) is 0 Å². The van der Waals surface area contributed by atoms with E-state index in [0.29, 0.717) is 24.2 Å². The van der Waals surface area contributed by atoms with Gasteiger partial charge in [-0.1, -0.05) is 24.3 Å². The minimum Gasteiger partial charge on any atom is -0.398 e. The van der Waals surface area contributed by atoms with Crippen LogP contribution in [0.2, 0.25) is 0 Å². The first kappa shape index (κ1) is 14.0. The lowest BCUT2D eigenvalue weighted by Crippen LogP contribution is -2.18. The Hall–Kier alpha value is -2.38. The molecule has 3 nitrogen and oxygen atoms in total. The monoisotopic (exact) mass is 269 g/mol. The summed E-state index contributed by atoms with van der Waals surface area (Å²) in [5, 5.41) is 8.72. The standard InChI is InChI=1S/C16H16FN3/c1-20(11-14-4-2-3-5-16(14)19)10-13-7-6-12(9-18)8-15(13)17/h2-8H,10-11,19H2,1H3. The molecule has 0 amide bonds. The average molecular weight is 269 g/mol. The van der Waals surface area contributed by atoms with Crippen molar-refractivity contribution in [2.45, 2.75) is 13.1 Å². The second kappa shape index (κ2) is 6.18. The fourth-order valence-corrected chi connectivity index (χ4v) is 2.06. The van der Waals surface area contributed by atoms with Crippen molar-refractivity contribution in [1.82, 2.24) is 4.90 Å². The van der Waals surface area contributed by atoms with Gasteiger partial charge in [-0.25, -0.2) is 4.39 Å². The molecule has 2 rings (SSSR count).